The van der Waals surface area contributed by atoms with Crippen molar-refractivity contribution >= 4 is 11.6 Å². The van der Waals surface area contributed by atoms with Gasteiger partial charge in [-0.15, -0.1) is 0 Å². The van der Waals surface area contributed by atoms with Crippen LogP contribution in [-0.4, -0.2) is 33.2 Å². The minimum absolute atomic E-state index is 0.0943. The van der Waals surface area contributed by atoms with Crippen molar-refractivity contribution in [3.05, 3.63) is 120 Å². The number of rotatable bonds is 11. The van der Waals surface area contributed by atoms with E-state index >= 15 is 0 Å². The van der Waals surface area contributed by atoms with Crippen LogP contribution in [0.5, 0.6) is 0 Å². The molecule has 1 amide bonds. The topological polar surface area (TPSA) is 79.2 Å². The normalized spacial score (nSPS) is 12.7. The Kier molecular flexibility index (Phi) is 8.44. The van der Waals surface area contributed by atoms with Gasteiger partial charge < -0.3 is 20.3 Å². The summed E-state index contributed by atoms with van der Waals surface area (Å²) < 4.78 is 2.00. The molecule has 4 rings (SSSR count). The van der Waals surface area contributed by atoms with Crippen LogP contribution in [0.15, 0.2) is 97.3 Å². The smallest absolute Gasteiger partial charge is 0.231 e. The van der Waals surface area contributed by atoms with E-state index in [0.717, 1.165) is 29.1 Å². The first-order valence-corrected chi connectivity index (χ1v) is 12.0. The van der Waals surface area contributed by atoms with E-state index in [1.807, 2.05) is 83.6 Å². The Labute approximate surface area is 206 Å². The van der Waals surface area contributed by atoms with Gasteiger partial charge in [0, 0.05) is 37.2 Å². The van der Waals surface area contributed by atoms with E-state index in [-0.39, 0.29) is 18.4 Å². The molecule has 1 aromatic heterocycles. The lowest BCUT2D eigenvalue weighted by atomic mass is 10.1. The first-order chi connectivity index (χ1) is 17.1. The van der Waals surface area contributed by atoms with Gasteiger partial charge in [-0.2, -0.15) is 0 Å². The summed E-state index contributed by atoms with van der Waals surface area (Å²) in [5.41, 5.74) is 4.01. The van der Waals surface area contributed by atoms with Crippen LogP contribution in [0, 0.1) is 0 Å². The number of carbonyl (C=O) groups is 1. The summed E-state index contributed by atoms with van der Waals surface area (Å²) in [4.78, 5) is 17.0. The fourth-order valence-electron chi connectivity index (χ4n) is 4.04. The Morgan fingerprint density at radius 2 is 1.63 bits per heavy atom. The van der Waals surface area contributed by atoms with Crippen molar-refractivity contribution in [3.8, 4) is 0 Å². The largest absolute Gasteiger partial charge is 0.387 e. The van der Waals surface area contributed by atoms with E-state index in [4.69, 9.17) is 0 Å². The fourth-order valence-corrected chi connectivity index (χ4v) is 4.04. The Balaban J connectivity index is 1.24. The van der Waals surface area contributed by atoms with Gasteiger partial charge in [-0.05, 0) is 42.2 Å². The summed E-state index contributed by atoms with van der Waals surface area (Å²) in [5, 5.41) is 16.7. The molecule has 0 aliphatic heterocycles. The molecule has 0 bridgehead atoms. The van der Waals surface area contributed by atoms with Gasteiger partial charge in [0.1, 0.15) is 5.82 Å². The van der Waals surface area contributed by atoms with E-state index in [9.17, 15) is 9.90 Å². The number of carbonyl (C=O) groups excluding carboxylic acids is 1. The van der Waals surface area contributed by atoms with Crippen LogP contribution in [0.3, 0.4) is 0 Å². The van der Waals surface area contributed by atoms with Crippen LogP contribution in [0.1, 0.15) is 35.5 Å². The Bertz CT molecular complexity index is 1190. The number of nitrogens with one attached hydrogen (secondary N) is 2. The molecule has 0 radical (unpaired) electrons. The lowest BCUT2D eigenvalue weighted by molar-refractivity contribution is -0.115. The zero-order valence-corrected chi connectivity index (χ0v) is 20.0. The first kappa shape index (κ1) is 24.4. The van der Waals surface area contributed by atoms with E-state index in [2.05, 4.69) is 34.7 Å². The second-order valence-electron chi connectivity index (χ2n) is 8.82. The monoisotopic (exact) mass is 468 g/mol. The number of benzene rings is 3. The highest BCUT2D eigenvalue weighted by molar-refractivity contribution is 5.91. The maximum absolute atomic E-state index is 12.6. The zero-order valence-electron chi connectivity index (χ0n) is 20.0. The molecule has 4 aromatic rings. The fraction of sp³-hybridized carbons (Fsp3) is 0.241. The highest BCUT2D eigenvalue weighted by atomic mass is 16.3. The Hall–Kier alpha value is -3.74. The maximum Gasteiger partial charge on any atom is 0.231 e. The molecule has 180 valence electrons. The van der Waals surface area contributed by atoms with Crippen molar-refractivity contribution in [1.29, 1.82) is 0 Å². The minimum Gasteiger partial charge on any atom is -0.387 e. The van der Waals surface area contributed by atoms with Crippen LogP contribution in [0.4, 0.5) is 5.69 Å². The number of nitrogens with zero attached hydrogens (tertiary/aromatic N) is 2. The third kappa shape index (κ3) is 7.37. The second-order valence-corrected chi connectivity index (χ2v) is 8.82. The predicted octanol–water partition coefficient (Wildman–Crippen LogP) is 4.37. The van der Waals surface area contributed by atoms with Gasteiger partial charge in [0.2, 0.25) is 5.91 Å². The van der Waals surface area contributed by atoms with E-state index in [0.29, 0.717) is 13.1 Å². The SMILES string of the molecule is C[C@@H](Cc1ccc(NC(=O)Cc2nccn2Cc2ccccc2)cc1)NC[C@H](O)c1ccccc1. The van der Waals surface area contributed by atoms with Gasteiger partial charge >= 0.3 is 0 Å². The number of anilines is 1. The molecular weight excluding hydrogens is 436 g/mol. The van der Waals surface area contributed by atoms with Crippen molar-refractivity contribution in [2.24, 2.45) is 0 Å². The van der Waals surface area contributed by atoms with Crippen molar-refractivity contribution in [1.82, 2.24) is 14.9 Å². The number of hydrogen-bond acceptors (Lipinski definition) is 4. The lowest BCUT2D eigenvalue weighted by Crippen LogP contribution is -2.32. The van der Waals surface area contributed by atoms with E-state index < -0.39 is 6.10 Å². The molecule has 3 aromatic carbocycles. The van der Waals surface area contributed by atoms with Gasteiger partial charge in [0.15, 0.2) is 0 Å². The minimum atomic E-state index is -0.528. The molecule has 0 unspecified atom stereocenters. The maximum atomic E-state index is 12.6. The molecule has 1 heterocycles. The number of aliphatic hydroxyl groups excluding tert-OH is 1. The molecular formula is C29H32N4O2. The quantitative estimate of drug-likeness (QED) is 0.306. The molecule has 0 fully saturated rings. The van der Waals surface area contributed by atoms with Gasteiger partial charge in [-0.3, -0.25) is 4.79 Å². The molecule has 0 saturated heterocycles. The van der Waals surface area contributed by atoms with Crippen molar-refractivity contribution in [3.63, 3.8) is 0 Å². The van der Waals surface area contributed by atoms with E-state index in [1.165, 1.54) is 5.56 Å². The lowest BCUT2D eigenvalue weighted by Gasteiger charge is -2.18. The number of imidazole rings is 1. The van der Waals surface area contributed by atoms with Gasteiger partial charge in [0.05, 0.1) is 12.5 Å². The summed E-state index contributed by atoms with van der Waals surface area (Å²) in [6, 6.07) is 27.9. The molecule has 0 saturated carbocycles. The van der Waals surface area contributed by atoms with Crippen molar-refractivity contribution in [2.75, 3.05) is 11.9 Å². The molecule has 2 atom stereocenters. The van der Waals surface area contributed by atoms with Crippen molar-refractivity contribution < 1.29 is 9.90 Å². The molecule has 3 N–H and O–H groups in total. The third-order valence-corrected chi connectivity index (χ3v) is 5.94. The van der Waals surface area contributed by atoms with E-state index in [1.54, 1.807) is 6.20 Å². The first-order valence-electron chi connectivity index (χ1n) is 12.0. The summed E-state index contributed by atoms with van der Waals surface area (Å²) >= 11 is 0. The molecule has 0 spiro atoms. The summed E-state index contributed by atoms with van der Waals surface area (Å²) in [6.45, 7) is 3.29. The molecule has 0 aliphatic rings. The van der Waals surface area contributed by atoms with Crippen LogP contribution < -0.4 is 10.6 Å². The van der Waals surface area contributed by atoms with Crippen LogP contribution in [0.2, 0.25) is 0 Å². The van der Waals surface area contributed by atoms with Gasteiger partial charge in [-0.1, -0.05) is 72.8 Å². The summed E-state index contributed by atoms with van der Waals surface area (Å²) in [6.07, 6.45) is 4.14. The zero-order chi connectivity index (χ0) is 24.5. The number of amides is 1. The third-order valence-electron chi connectivity index (χ3n) is 5.94. The molecule has 35 heavy (non-hydrogen) atoms. The summed E-state index contributed by atoms with van der Waals surface area (Å²) in [7, 11) is 0. The Morgan fingerprint density at radius 3 is 2.34 bits per heavy atom. The van der Waals surface area contributed by atoms with Crippen molar-refractivity contribution in [2.45, 2.75) is 38.5 Å². The second kappa shape index (κ2) is 12.1. The number of aromatic nitrogens is 2. The van der Waals surface area contributed by atoms with Crippen LogP contribution in [-0.2, 0) is 24.2 Å². The standard InChI is InChI=1S/C29H32N4O2/c1-22(31-20-27(34)25-10-6-3-7-11-25)18-23-12-14-26(15-13-23)32-29(35)19-28-30-16-17-33(28)21-24-8-4-2-5-9-24/h2-17,22,27,31,34H,18-21H2,1H3,(H,32,35)/t22-,27-/m0/s1. The highest BCUT2D eigenvalue weighted by Crippen LogP contribution is 2.14. The molecule has 6 nitrogen and oxygen atoms in total. The molecule has 6 heteroatoms. The average molecular weight is 469 g/mol. The summed E-state index contributed by atoms with van der Waals surface area (Å²) in [5.74, 6) is 0.642. The van der Waals surface area contributed by atoms with Crippen LogP contribution in [0.25, 0.3) is 0 Å². The highest BCUT2D eigenvalue weighted by Gasteiger charge is 2.12. The van der Waals surface area contributed by atoms with Gasteiger partial charge in [0.25, 0.3) is 0 Å². The number of aliphatic hydroxyl groups is 1. The number of hydrogen-bond donors (Lipinski definition) is 3. The average Bonchev–Trinajstić information content (AvgIpc) is 3.31. The Morgan fingerprint density at radius 1 is 0.943 bits per heavy atom. The van der Waals surface area contributed by atoms with Gasteiger partial charge in [-0.25, -0.2) is 4.98 Å². The predicted molar refractivity (Wildman–Crippen MR) is 139 cm³/mol. The van der Waals surface area contributed by atoms with Crippen LogP contribution >= 0.6 is 0 Å². The molecule has 0 aliphatic carbocycles.